The molecule has 9 aromatic carbocycles. The number of fused-ring (bicyclic) bond motifs is 8. The largest absolute Gasteiger partial charge is 0.456 e. The molecule has 0 atom stereocenters. The van der Waals surface area contributed by atoms with Crippen molar-refractivity contribution < 1.29 is 17.6 Å². The third-order valence-corrected chi connectivity index (χ3v) is 10.6. The number of rotatable bonds is 6. The average molecular weight is 729 g/mol. The van der Waals surface area contributed by atoms with Gasteiger partial charge in [-0.05, 0) is 143 Å². The van der Waals surface area contributed by atoms with Crippen LogP contribution in [0.25, 0.3) is 65.4 Å². The Hall–Kier alpha value is -7.44. The summed E-state index contributed by atoms with van der Waals surface area (Å²) in [6.45, 7) is 0. The maximum Gasteiger partial charge on any atom is 0.136 e. The van der Waals surface area contributed by atoms with Crippen LogP contribution in [0.1, 0.15) is 0 Å². The summed E-state index contributed by atoms with van der Waals surface area (Å²) in [6, 6.07) is 58.5. The third-order valence-electron chi connectivity index (χ3n) is 10.6. The summed E-state index contributed by atoms with van der Waals surface area (Å²) in [5.41, 5.74) is 8.27. The molecule has 4 nitrogen and oxygen atoms in total. The van der Waals surface area contributed by atoms with Crippen LogP contribution >= 0.6 is 0 Å². The lowest BCUT2D eigenvalue weighted by Gasteiger charge is -2.25. The normalized spacial score (nSPS) is 11.8. The highest BCUT2D eigenvalue weighted by atomic mass is 19.1. The van der Waals surface area contributed by atoms with E-state index in [9.17, 15) is 8.78 Å². The second-order valence-electron chi connectivity index (χ2n) is 14.1. The monoisotopic (exact) mass is 728 g/mol. The molecule has 0 saturated heterocycles. The summed E-state index contributed by atoms with van der Waals surface area (Å²) in [4.78, 5) is 4.11. The van der Waals surface area contributed by atoms with Gasteiger partial charge in [0, 0.05) is 55.7 Å². The van der Waals surface area contributed by atoms with E-state index in [2.05, 4.69) is 82.6 Å². The van der Waals surface area contributed by atoms with Crippen LogP contribution in [0, 0.1) is 11.6 Å². The van der Waals surface area contributed by atoms with Gasteiger partial charge in [0.1, 0.15) is 34.0 Å². The lowest BCUT2D eigenvalue weighted by Crippen LogP contribution is -2.09. The SMILES string of the molecule is Fc1cccc(N(c2ccccc2)c2ccc3cc4c(cc3c2)oc2cc3c(cc24)oc2cc4cc(N(c5ccccc5)c5cccc(F)c5)ccc4cc23)c1. The Morgan fingerprint density at radius 1 is 0.286 bits per heavy atom. The molecule has 0 N–H and O–H groups in total. The molecule has 56 heavy (non-hydrogen) atoms. The van der Waals surface area contributed by atoms with Gasteiger partial charge in [0.05, 0.1) is 0 Å². The lowest BCUT2D eigenvalue weighted by molar-refractivity contribution is 0.627. The first-order valence-electron chi connectivity index (χ1n) is 18.4. The Kier molecular flexibility index (Phi) is 7.19. The van der Waals surface area contributed by atoms with Gasteiger partial charge < -0.3 is 18.6 Å². The fourth-order valence-corrected chi connectivity index (χ4v) is 8.06. The number of halogens is 2. The molecule has 6 heteroatoms. The fraction of sp³-hybridized carbons (Fsp3) is 0. The topological polar surface area (TPSA) is 32.8 Å². The summed E-state index contributed by atoms with van der Waals surface area (Å²) in [5.74, 6) is -0.580. The third kappa shape index (κ3) is 5.34. The number of furan rings is 2. The molecule has 0 aliphatic rings. The zero-order valence-corrected chi connectivity index (χ0v) is 29.8. The van der Waals surface area contributed by atoms with Gasteiger partial charge in [-0.2, -0.15) is 0 Å². The molecule has 2 aromatic heterocycles. The Balaban J connectivity index is 1.01. The van der Waals surface area contributed by atoms with Gasteiger partial charge in [0.15, 0.2) is 0 Å². The molecule has 11 rings (SSSR count). The number of nitrogens with zero attached hydrogens (tertiary/aromatic N) is 2. The molecular formula is C50H30F2N2O2. The highest BCUT2D eigenvalue weighted by Crippen LogP contribution is 2.42. The summed E-state index contributed by atoms with van der Waals surface area (Å²) in [6.07, 6.45) is 0. The van der Waals surface area contributed by atoms with E-state index in [1.54, 1.807) is 24.3 Å². The summed E-state index contributed by atoms with van der Waals surface area (Å²) < 4.78 is 42.0. The van der Waals surface area contributed by atoms with Crippen LogP contribution in [-0.2, 0) is 0 Å². The Morgan fingerprint density at radius 3 is 1.09 bits per heavy atom. The van der Waals surface area contributed by atoms with E-state index >= 15 is 0 Å². The van der Waals surface area contributed by atoms with Crippen molar-refractivity contribution in [2.45, 2.75) is 0 Å². The van der Waals surface area contributed by atoms with Crippen LogP contribution in [0.2, 0.25) is 0 Å². The van der Waals surface area contributed by atoms with Crippen molar-refractivity contribution >= 4 is 99.5 Å². The van der Waals surface area contributed by atoms with Crippen molar-refractivity contribution in [3.8, 4) is 0 Å². The molecule has 11 aromatic rings. The van der Waals surface area contributed by atoms with Crippen molar-refractivity contribution in [2.75, 3.05) is 9.80 Å². The molecule has 0 unspecified atom stereocenters. The molecule has 0 radical (unpaired) electrons. The second kappa shape index (κ2) is 12.6. The van der Waals surface area contributed by atoms with Crippen molar-refractivity contribution in [1.82, 2.24) is 0 Å². The van der Waals surface area contributed by atoms with Crippen LogP contribution in [0.3, 0.4) is 0 Å². The molecule has 0 fully saturated rings. The van der Waals surface area contributed by atoms with Gasteiger partial charge in [-0.1, -0.05) is 60.7 Å². The van der Waals surface area contributed by atoms with Gasteiger partial charge in [-0.25, -0.2) is 8.78 Å². The minimum Gasteiger partial charge on any atom is -0.456 e. The molecule has 0 aliphatic heterocycles. The van der Waals surface area contributed by atoms with Crippen LogP contribution in [0.5, 0.6) is 0 Å². The number of para-hydroxylation sites is 2. The van der Waals surface area contributed by atoms with Crippen LogP contribution < -0.4 is 9.80 Å². The predicted octanol–water partition coefficient (Wildman–Crippen LogP) is 15.0. The molecular weight excluding hydrogens is 699 g/mol. The summed E-state index contributed by atoms with van der Waals surface area (Å²) >= 11 is 0. The average Bonchev–Trinajstić information content (AvgIpc) is 3.75. The van der Waals surface area contributed by atoms with Crippen molar-refractivity contribution in [2.24, 2.45) is 0 Å². The zero-order chi connectivity index (χ0) is 37.3. The van der Waals surface area contributed by atoms with Gasteiger partial charge in [0.2, 0.25) is 0 Å². The number of hydrogen-bond donors (Lipinski definition) is 0. The minimum atomic E-state index is -0.290. The number of benzene rings is 9. The Morgan fingerprint density at radius 2 is 0.661 bits per heavy atom. The van der Waals surface area contributed by atoms with E-state index in [4.69, 9.17) is 8.83 Å². The van der Waals surface area contributed by atoms with E-state index in [1.807, 2.05) is 72.8 Å². The summed E-state index contributed by atoms with van der Waals surface area (Å²) in [7, 11) is 0. The number of hydrogen-bond acceptors (Lipinski definition) is 4. The predicted molar refractivity (Wildman–Crippen MR) is 225 cm³/mol. The highest BCUT2D eigenvalue weighted by molar-refractivity contribution is 6.18. The molecule has 0 saturated carbocycles. The van der Waals surface area contributed by atoms with Crippen molar-refractivity contribution in [1.29, 1.82) is 0 Å². The fourth-order valence-electron chi connectivity index (χ4n) is 8.06. The molecule has 0 aliphatic carbocycles. The first-order chi connectivity index (χ1) is 27.5. The van der Waals surface area contributed by atoms with E-state index in [1.165, 1.54) is 12.1 Å². The Bertz CT molecular complexity index is 3080. The summed E-state index contributed by atoms with van der Waals surface area (Å²) in [5, 5.41) is 8.09. The van der Waals surface area contributed by atoms with Crippen molar-refractivity contribution in [3.05, 3.63) is 194 Å². The standard InChI is InChI=1S/C50H30F2N2O2/c51-35-9-7-15-39(27-35)53(37-11-3-1-4-12-37)41-19-17-31-23-43-45-29-50-46(30-49(45)55-47(43)25-33(31)21-41)44-24-32-18-20-42(22-34(32)26-48(44)56-50)54(38-13-5-2-6-14-38)40-16-8-10-36(52)28-40/h1-30H. The van der Waals surface area contributed by atoms with E-state index in [0.717, 1.165) is 99.5 Å². The van der Waals surface area contributed by atoms with E-state index in [-0.39, 0.29) is 11.6 Å². The van der Waals surface area contributed by atoms with Crippen LogP contribution in [-0.4, -0.2) is 0 Å². The van der Waals surface area contributed by atoms with Gasteiger partial charge >= 0.3 is 0 Å². The van der Waals surface area contributed by atoms with E-state index in [0.29, 0.717) is 0 Å². The first kappa shape index (κ1) is 32.0. The van der Waals surface area contributed by atoms with Gasteiger partial charge in [-0.3, -0.25) is 0 Å². The van der Waals surface area contributed by atoms with Crippen LogP contribution in [0.4, 0.5) is 42.9 Å². The molecule has 0 amide bonds. The van der Waals surface area contributed by atoms with E-state index < -0.39 is 0 Å². The molecule has 266 valence electrons. The van der Waals surface area contributed by atoms with Crippen LogP contribution in [0.15, 0.2) is 191 Å². The lowest BCUT2D eigenvalue weighted by atomic mass is 10.0. The first-order valence-corrected chi connectivity index (χ1v) is 18.4. The van der Waals surface area contributed by atoms with Gasteiger partial charge in [-0.15, -0.1) is 0 Å². The maximum absolute atomic E-state index is 14.4. The Labute approximate surface area is 319 Å². The zero-order valence-electron chi connectivity index (χ0n) is 29.8. The highest BCUT2D eigenvalue weighted by Gasteiger charge is 2.19. The number of anilines is 6. The second-order valence-corrected chi connectivity index (χ2v) is 14.1. The molecule has 0 bridgehead atoms. The molecule has 2 heterocycles. The van der Waals surface area contributed by atoms with Gasteiger partial charge in [0.25, 0.3) is 0 Å². The maximum atomic E-state index is 14.4. The quantitative estimate of drug-likeness (QED) is 0.171. The van der Waals surface area contributed by atoms with Crippen molar-refractivity contribution in [3.63, 3.8) is 0 Å². The minimum absolute atomic E-state index is 0.290. The molecule has 0 spiro atoms. The smallest absolute Gasteiger partial charge is 0.136 e.